The van der Waals surface area contributed by atoms with Crippen molar-refractivity contribution in [3.8, 4) is 0 Å². The molecule has 1 aromatic carbocycles. The fourth-order valence-corrected chi connectivity index (χ4v) is 2.02. The summed E-state index contributed by atoms with van der Waals surface area (Å²) in [4.78, 5) is 11.6. The van der Waals surface area contributed by atoms with Crippen LogP contribution >= 0.6 is 0 Å². The van der Waals surface area contributed by atoms with Crippen LogP contribution in [0.1, 0.15) is 56.2 Å². The van der Waals surface area contributed by atoms with Crippen molar-refractivity contribution in [2.24, 2.45) is 5.10 Å². The van der Waals surface area contributed by atoms with Crippen molar-refractivity contribution in [2.75, 3.05) is 0 Å². The fraction of sp³-hybridized carbons (Fsp3) is 0.500. The Morgan fingerprint density at radius 2 is 2.00 bits per heavy atom. The first-order valence-corrected chi connectivity index (χ1v) is 6.95. The third-order valence-electron chi connectivity index (χ3n) is 3.13. The second kappa shape index (κ2) is 7.72. The van der Waals surface area contributed by atoms with Gasteiger partial charge in [-0.1, -0.05) is 43.5 Å². The number of unbranched alkanes of at least 4 members (excludes halogenated alkanes) is 2. The highest BCUT2D eigenvalue weighted by Gasteiger charge is 2.04. The molecular weight excluding hydrogens is 236 g/mol. The van der Waals surface area contributed by atoms with Gasteiger partial charge in [-0.05, 0) is 32.8 Å². The normalized spacial score (nSPS) is 11.5. The van der Waals surface area contributed by atoms with Crippen LogP contribution in [-0.4, -0.2) is 11.6 Å². The molecule has 0 fully saturated rings. The SMILES string of the molecule is CCCCCC(=O)N/N=C(\C)c1ccc(C)cc1C. The number of nitrogens with zero attached hydrogens (tertiary/aromatic N) is 1. The number of benzene rings is 1. The average Bonchev–Trinajstić information content (AvgIpc) is 2.36. The van der Waals surface area contributed by atoms with Crippen molar-refractivity contribution < 1.29 is 4.79 Å². The van der Waals surface area contributed by atoms with Crippen LogP contribution in [0, 0.1) is 13.8 Å². The maximum Gasteiger partial charge on any atom is 0.240 e. The summed E-state index contributed by atoms with van der Waals surface area (Å²) in [6.07, 6.45) is 3.70. The predicted molar refractivity (Wildman–Crippen MR) is 80.4 cm³/mol. The Morgan fingerprint density at radius 3 is 2.63 bits per heavy atom. The van der Waals surface area contributed by atoms with Crippen LogP contribution in [0.5, 0.6) is 0 Å². The molecule has 0 atom stereocenters. The van der Waals surface area contributed by atoms with E-state index in [0.29, 0.717) is 6.42 Å². The molecule has 0 spiro atoms. The molecule has 0 unspecified atom stereocenters. The molecule has 0 bridgehead atoms. The van der Waals surface area contributed by atoms with Crippen molar-refractivity contribution >= 4 is 11.6 Å². The molecule has 1 rings (SSSR count). The Kier molecular flexibility index (Phi) is 6.26. The molecule has 19 heavy (non-hydrogen) atoms. The Labute approximate surface area is 116 Å². The Bertz CT molecular complexity index is 464. The van der Waals surface area contributed by atoms with Crippen molar-refractivity contribution in [3.05, 3.63) is 34.9 Å². The van der Waals surface area contributed by atoms with Crippen LogP contribution in [0.3, 0.4) is 0 Å². The Balaban J connectivity index is 2.59. The van der Waals surface area contributed by atoms with Crippen molar-refractivity contribution in [1.29, 1.82) is 0 Å². The predicted octanol–water partition coefficient (Wildman–Crippen LogP) is 3.72. The van der Waals surface area contributed by atoms with Gasteiger partial charge in [0, 0.05) is 12.0 Å². The molecule has 0 aliphatic carbocycles. The van der Waals surface area contributed by atoms with Crippen LogP contribution in [0.15, 0.2) is 23.3 Å². The highest BCUT2D eigenvalue weighted by atomic mass is 16.2. The number of hydrogen-bond donors (Lipinski definition) is 1. The van der Waals surface area contributed by atoms with Crippen LogP contribution in [0.2, 0.25) is 0 Å². The summed E-state index contributed by atoms with van der Waals surface area (Å²) < 4.78 is 0. The second-order valence-electron chi connectivity index (χ2n) is 5.01. The lowest BCUT2D eigenvalue weighted by Gasteiger charge is -2.07. The molecule has 0 saturated carbocycles. The van der Waals surface area contributed by atoms with E-state index in [2.05, 4.69) is 43.4 Å². The minimum Gasteiger partial charge on any atom is -0.273 e. The maximum atomic E-state index is 11.6. The minimum absolute atomic E-state index is 0.00225. The highest BCUT2D eigenvalue weighted by molar-refractivity contribution is 6.00. The molecule has 0 heterocycles. The lowest BCUT2D eigenvalue weighted by Crippen LogP contribution is -2.19. The zero-order valence-corrected chi connectivity index (χ0v) is 12.4. The molecule has 0 aliphatic rings. The van der Waals surface area contributed by atoms with Gasteiger partial charge in [-0.3, -0.25) is 4.79 Å². The first-order chi connectivity index (χ1) is 9.04. The van der Waals surface area contributed by atoms with E-state index in [1.165, 1.54) is 11.1 Å². The van der Waals surface area contributed by atoms with E-state index in [1.54, 1.807) is 0 Å². The largest absolute Gasteiger partial charge is 0.273 e. The average molecular weight is 260 g/mol. The van der Waals surface area contributed by atoms with E-state index in [9.17, 15) is 4.79 Å². The van der Waals surface area contributed by atoms with E-state index < -0.39 is 0 Å². The van der Waals surface area contributed by atoms with Crippen molar-refractivity contribution in [1.82, 2.24) is 5.43 Å². The summed E-state index contributed by atoms with van der Waals surface area (Å²) in [6, 6.07) is 6.23. The van der Waals surface area contributed by atoms with Gasteiger partial charge in [0.15, 0.2) is 0 Å². The van der Waals surface area contributed by atoms with Crippen LogP contribution in [-0.2, 0) is 4.79 Å². The van der Waals surface area contributed by atoms with E-state index in [1.807, 2.05) is 13.0 Å². The number of carbonyl (C=O) groups excluding carboxylic acids is 1. The molecule has 1 amide bonds. The second-order valence-corrected chi connectivity index (χ2v) is 5.01. The Morgan fingerprint density at radius 1 is 1.26 bits per heavy atom. The van der Waals surface area contributed by atoms with E-state index in [4.69, 9.17) is 0 Å². The molecule has 1 aromatic rings. The molecule has 0 aliphatic heterocycles. The molecule has 3 heteroatoms. The van der Waals surface area contributed by atoms with Gasteiger partial charge in [-0.2, -0.15) is 5.10 Å². The topological polar surface area (TPSA) is 41.5 Å². The summed E-state index contributed by atoms with van der Waals surface area (Å²) in [6.45, 7) is 8.17. The number of carbonyl (C=O) groups is 1. The number of rotatable bonds is 6. The van der Waals surface area contributed by atoms with Gasteiger partial charge in [0.1, 0.15) is 0 Å². The van der Waals surface area contributed by atoms with Gasteiger partial charge < -0.3 is 0 Å². The standard InChI is InChI=1S/C16H24N2O/c1-5-6-7-8-16(19)18-17-14(4)15-10-9-12(2)11-13(15)3/h9-11H,5-8H2,1-4H3,(H,18,19)/b17-14+. The van der Waals surface area contributed by atoms with Crippen molar-refractivity contribution in [2.45, 2.75) is 53.4 Å². The minimum atomic E-state index is -0.00225. The van der Waals surface area contributed by atoms with Gasteiger partial charge in [-0.25, -0.2) is 5.43 Å². The van der Waals surface area contributed by atoms with E-state index in [-0.39, 0.29) is 5.91 Å². The summed E-state index contributed by atoms with van der Waals surface area (Å²) in [5.74, 6) is -0.00225. The number of hydrazone groups is 1. The smallest absolute Gasteiger partial charge is 0.240 e. The zero-order chi connectivity index (χ0) is 14.3. The van der Waals surface area contributed by atoms with Gasteiger partial charge in [0.25, 0.3) is 0 Å². The van der Waals surface area contributed by atoms with E-state index >= 15 is 0 Å². The Hall–Kier alpha value is -1.64. The van der Waals surface area contributed by atoms with Gasteiger partial charge >= 0.3 is 0 Å². The number of nitrogens with one attached hydrogen (secondary N) is 1. The molecule has 0 radical (unpaired) electrons. The molecule has 0 aromatic heterocycles. The van der Waals surface area contributed by atoms with Gasteiger partial charge in [0.05, 0.1) is 5.71 Å². The summed E-state index contributed by atoms with van der Waals surface area (Å²) in [5.41, 5.74) is 6.98. The summed E-state index contributed by atoms with van der Waals surface area (Å²) in [7, 11) is 0. The molecule has 3 nitrogen and oxygen atoms in total. The lowest BCUT2D eigenvalue weighted by molar-refractivity contribution is -0.121. The molecule has 0 saturated heterocycles. The fourth-order valence-electron chi connectivity index (χ4n) is 2.02. The van der Waals surface area contributed by atoms with E-state index in [0.717, 1.165) is 30.5 Å². The molecule has 1 N–H and O–H groups in total. The number of aryl methyl sites for hydroxylation is 2. The summed E-state index contributed by atoms with van der Waals surface area (Å²) in [5, 5.41) is 4.18. The monoisotopic (exact) mass is 260 g/mol. The van der Waals surface area contributed by atoms with Crippen LogP contribution in [0.4, 0.5) is 0 Å². The first-order valence-electron chi connectivity index (χ1n) is 6.95. The molecule has 104 valence electrons. The quantitative estimate of drug-likeness (QED) is 0.472. The third kappa shape index (κ3) is 5.25. The third-order valence-corrected chi connectivity index (χ3v) is 3.13. The number of hydrogen-bond acceptors (Lipinski definition) is 2. The summed E-state index contributed by atoms with van der Waals surface area (Å²) >= 11 is 0. The maximum absolute atomic E-state index is 11.6. The molecular formula is C16H24N2O. The van der Waals surface area contributed by atoms with Crippen LogP contribution < -0.4 is 5.43 Å². The van der Waals surface area contributed by atoms with Crippen molar-refractivity contribution in [3.63, 3.8) is 0 Å². The van der Waals surface area contributed by atoms with Crippen LogP contribution in [0.25, 0.3) is 0 Å². The van der Waals surface area contributed by atoms with Gasteiger partial charge in [-0.15, -0.1) is 0 Å². The first kappa shape index (κ1) is 15.4. The lowest BCUT2D eigenvalue weighted by atomic mass is 10.0. The van der Waals surface area contributed by atoms with Gasteiger partial charge in [0.2, 0.25) is 5.91 Å². The zero-order valence-electron chi connectivity index (χ0n) is 12.4. The highest BCUT2D eigenvalue weighted by Crippen LogP contribution is 2.11. The number of amides is 1.